The van der Waals surface area contributed by atoms with Gasteiger partial charge in [-0.05, 0) is 56.2 Å². The molecule has 2 aromatic carbocycles. The van der Waals surface area contributed by atoms with E-state index >= 15 is 0 Å². The molecule has 0 aliphatic heterocycles. The van der Waals surface area contributed by atoms with Crippen molar-refractivity contribution in [3.63, 3.8) is 0 Å². The van der Waals surface area contributed by atoms with Crippen LogP contribution in [0.3, 0.4) is 0 Å². The Morgan fingerprint density at radius 3 is 2.50 bits per heavy atom. The Morgan fingerprint density at radius 1 is 1.13 bits per heavy atom. The van der Waals surface area contributed by atoms with Crippen LogP contribution in [0.4, 0.5) is 0 Å². The number of nitrogens with zero attached hydrogens (tertiary/aromatic N) is 1. The molecule has 1 fully saturated rings. The molecule has 5 nitrogen and oxygen atoms in total. The van der Waals surface area contributed by atoms with Crippen molar-refractivity contribution in [3.8, 4) is 11.5 Å². The molecule has 162 valence electrons. The van der Waals surface area contributed by atoms with Gasteiger partial charge in [-0.3, -0.25) is 9.69 Å². The number of hydrogen-bond donors (Lipinski definition) is 1. The predicted molar refractivity (Wildman–Crippen MR) is 120 cm³/mol. The van der Waals surface area contributed by atoms with Crippen LogP contribution in [0, 0.1) is 0 Å². The molecular weight excluding hydrogens is 398 g/mol. The molecule has 2 aromatic rings. The van der Waals surface area contributed by atoms with Crippen molar-refractivity contribution in [3.05, 3.63) is 48.5 Å². The highest BCUT2D eigenvalue weighted by Crippen LogP contribution is 2.36. The summed E-state index contributed by atoms with van der Waals surface area (Å²) in [6.07, 6.45) is 5.64. The Kier molecular flexibility index (Phi) is 8.46. The van der Waals surface area contributed by atoms with E-state index in [1.807, 2.05) is 55.5 Å². The van der Waals surface area contributed by atoms with Gasteiger partial charge >= 0.3 is 5.97 Å². The number of rotatable bonds is 10. The van der Waals surface area contributed by atoms with Crippen molar-refractivity contribution in [2.75, 3.05) is 20.2 Å². The monoisotopic (exact) mass is 429 g/mol. The third kappa shape index (κ3) is 6.67. The fraction of sp³-hybridized carbons (Fsp3) is 0.458. The normalized spacial score (nSPS) is 15.7. The lowest BCUT2D eigenvalue weighted by molar-refractivity contribution is -0.139. The van der Waals surface area contributed by atoms with Gasteiger partial charge in [-0.25, -0.2) is 0 Å². The molecule has 3 rings (SSSR count). The maximum absolute atomic E-state index is 11.4. The second kappa shape index (κ2) is 11.3. The van der Waals surface area contributed by atoms with Crippen LogP contribution < -0.4 is 9.47 Å². The summed E-state index contributed by atoms with van der Waals surface area (Å²) in [6, 6.07) is 16.3. The molecule has 0 amide bonds. The molecule has 0 spiro atoms. The van der Waals surface area contributed by atoms with Gasteiger partial charge in [-0.1, -0.05) is 43.2 Å². The van der Waals surface area contributed by atoms with Crippen LogP contribution in [-0.4, -0.2) is 48.3 Å². The van der Waals surface area contributed by atoms with Gasteiger partial charge in [-0.2, -0.15) is 0 Å². The summed E-state index contributed by atoms with van der Waals surface area (Å²) in [4.78, 5) is 15.6. The second-order valence-electron chi connectivity index (χ2n) is 7.77. The van der Waals surface area contributed by atoms with Crippen molar-refractivity contribution >= 4 is 17.7 Å². The average molecular weight is 430 g/mol. The molecule has 1 aliphatic rings. The Bertz CT molecular complexity index is 805. The molecule has 0 aromatic heterocycles. The van der Waals surface area contributed by atoms with E-state index in [1.54, 1.807) is 18.9 Å². The standard InChI is InChI=1S/C24H31NO4S/c1-18(16-25(17-24(26)27)19-8-4-3-5-9-19)29-22-10-6-7-11-23(22)30-21-14-12-20(28-2)13-15-21/h6-7,10-15,18-19H,3-5,8-9,16-17H2,1-2H3,(H,26,27). The first kappa shape index (κ1) is 22.5. The number of benzene rings is 2. The molecule has 1 atom stereocenters. The van der Waals surface area contributed by atoms with Crippen molar-refractivity contribution in [1.29, 1.82) is 0 Å². The average Bonchev–Trinajstić information content (AvgIpc) is 2.75. The van der Waals surface area contributed by atoms with Gasteiger partial charge in [0.25, 0.3) is 0 Å². The summed E-state index contributed by atoms with van der Waals surface area (Å²) in [5, 5.41) is 9.37. The third-order valence-electron chi connectivity index (χ3n) is 5.39. The minimum atomic E-state index is -0.775. The zero-order valence-corrected chi connectivity index (χ0v) is 18.6. The lowest BCUT2D eigenvalue weighted by Crippen LogP contribution is -2.45. The van der Waals surface area contributed by atoms with E-state index in [0.717, 1.165) is 34.1 Å². The highest BCUT2D eigenvalue weighted by atomic mass is 32.2. The van der Waals surface area contributed by atoms with E-state index in [9.17, 15) is 9.90 Å². The molecule has 30 heavy (non-hydrogen) atoms. The lowest BCUT2D eigenvalue weighted by atomic mass is 9.94. The number of carbonyl (C=O) groups is 1. The SMILES string of the molecule is COc1ccc(Sc2ccccc2OC(C)CN(CC(=O)O)C2CCCCC2)cc1. The summed E-state index contributed by atoms with van der Waals surface area (Å²) >= 11 is 1.64. The Morgan fingerprint density at radius 2 is 1.83 bits per heavy atom. The van der Waals surface area contributed by atoms with E-state index in [4.69, 9.17) is 9.47 Å². The van der Waals surface area contributed by atoms with E-state index in [0.29, 0.717) is 12.6 Å². The Balaban J connectivity index is 1.66. The van der Waals surface area contributed by atoms with Crippen LogP contribution in [0.2, 0.25) is 0 Å². The number of para-hydroxylation sites is 1. The quantitative estimate of drug-likeness (QED) is 0.551. The van der Waals surface area contributed by atoms with Gasteiger partial charge in [0.15, 0.2) is 0 Å². The number of hydrogen-bond acceptors (Lipinski definition) is 5. The van der Waals surface area contributed by atoms with Crippen molar-refractivity contribution in [1.82, 2.24) is 4.90 Å². The number of carboxylic acids is 1. The second-order valence-corrected chi connectivity index (χ2v) is 8.88. The molecule has 1 unspecified atom stereocenters. The van der Waals surface area contributed by atoms with Gasteiger partial charge in [0, 0.05) is 17.5 Å². The van der Waals surface area contributed by atoms with Crippen LogP contribution in [0.5, 0.6) is 11.5 Å². The van der Waals surface area contributed by atoms with E-state index in [-0.39, 0.29) is 12.6 Å². The van der Waals surface area contributed by atoms with Crippen LogP contribution in [0.15, 0.2) is 58.3 Å². The van der Waals surface area contributed by atoms with Crippen LogP contribution in [0.25, 0.3) is 0 Å². The maximum Gasteiger partial charge on any atom is 0.317 e. The summed E-state index contributed by atoms with van der Waals surface area (Å²) in [5.74, 6) is 0.881. The summed E-state index contributed by atoms with van der Waals surface area (Å²) in [5.41, 5.74) is 0. The van der Waals surface area contributed by atoms with Gasteiger partial charge in [-0.15, -0.1) is 0 Å². The summed E-state index contributed by atoms with van der Waals surface area (Å²) < 4.78 is 11.5. The van der Waals surface area contributed by atoms with Crippen molar-refractivity contribution in [2.45, 2.75) is 61.0 Å². The predicted octanol–water partition coefficient (Wildman–Crippen LogP) is 5.33. The van der Waals surface area contributed by atoms with E-state index in [2.05, 4.69) is 4.90 Å². The number of carboxylic acid groups (broad SMARTS) is 1. The first-order valence-corrected chi connectivity index (χ1v) is 11.4. The fourth-order valence-electron chi connectivity index (χ4n) is 3.95. The Hall–Kier alpha value is -2.18. The molecular formula is C24H31NO4S. The van der Waals surface area contributed by atoms with Gasteiger partial charge in [0.1, 0.15) is 17.6 Å². The van der Waals surface area contributed by atoms with Crippen molar-refractivity contribution in [2.24, 2.45) is 0 Å². The Labute approximate surface area is 183 Å². The first-order valence-electron chi connectivity index (χ1n) is 10.6. The minimum absolute atomic E-state index is 0.0701. The first-order chi connectivity index (χ1) is 14.5. The lowest BCUT2D eigenvalue weighted by Gasteiger charge is -2.35. The molecule has 0 heterocycles. The van der Waals surface area contributed by atoms with E-state index < -0.39 is 5.97 Å². The number of ether oxygens (including phenoxy) is 2. The molecule has 1 aliphatic carbocycles. The van der Waals surface area contributed by atoms with Crippen molar-refractivity contribution < 1.29 is 19.4 Å². The zero-order valence-electron chi connectivity index (χ0n) is 17.8. The molecule has 6 heteroatoms. The topological polar surface area (TPSA) is 59.0 Å². The highest BCUT2D eigenvalue weighted by Gasteiger charge is 2.25. The summed E-state index contributed by atoms with van der Waals surface area (Å²) in [7, 11) is 1.66. The zero-order chi connectivity index (χ0) is 21.3. The van der Waals surface area contributed by atoms with Crippen LogP contribution >= 0.6 is 11.8 Å². The van der Waals surface area contributed by atoms with Gasteiger partial charge in [0.05, 0.1) is 18.6 Å². The fourth-order valence-corrected chi connectivity index (χ4v) is 4.84. The highest BCUT2D eigenvalue weighted by molar-refractivity contribution is 7.99. The van der Waals surface area contributed by atoms with Gasteiger partial charge in [0.2, 0.25) is 0 Å². The molecule has 0 radical (unpaired) electrons. The third-order valence-corrected chi connectivity index (χ3v) is 6.45. The molecule has 1 saturated carbocycles. The van der Waals surface area contributed by atoms with Gasteiger partial charge < -0.3 is 14.6 Å². The number of aliphatic carboxylic acids is 1. The molecule has 0 saturated heterocycles. The number of methoxy groups -OCH3 is 1. The van der Waals surface area contributed by atoms with Crippen LogP contribution in [0.1, 0.15) is 39.0 Å². The smallest absolute Gasteiger partial charge is 0.317 e. The minimum Gasteiger partial charge on any atom is -0.497 e. The molecule has 1 N–H and O–H groups in total. The molecule has 0 bridgehead atoms. The van der Waals surface area contributed by atoms with E-state index in [1.165, 1.54) is 19.3 Å². The summed E-state index contributed by atoms with van der Waals surface area (Å²) in [6.45, 7) is 2.70. The largest absolute Gasteiger partial charge is 0.497 e. The maximum atomic E-state index is 11.4. The van der Waals surface area contributed by atoms with Crippen LogP contribution in [-0.2, 0) is 4.79 Å².